The molecule has 0 aliphatic heterocycles. The summed E-state index contributed by atoms with van der Waals surface area (Å²) in [5, 5.41) is 0. The summed E-state index contributed by atoms with van der Waals surface area (Å²) in [6, 6.07) is 0. The Balaban J connectivity index is 0. The Kier molecular flexibility index (Phi) is 4.05. The van der Waals surface area contributed by atoms with Crippen LogP contribution in [0, 0.1) is 0 Å². The molecule has 0 aromatic carbocycles. The van der Waals surface area contributed by atoms with Crippen molar-refractivity contribution >= 4 is 5.78 Å². The first-order chi connectivity index (χ1) is 2.39. The fraction of sp³-hybridized carbons (Fsp3) is 0.750. The van der Waals surface area contributed by atoms with E-state index < -0.39 is 0 Å². The van der Waals surface area contributed by atoms with Gasteiger partial charge in [0.15, 0.2) is 0 Å². The molecule has 30 valence electrons. The number of hydrogen-bond acceptors (Lipinski definition) is 1. The molecular weight excluding hydrogens is 103 g/mol. The summed E-state index contributed by atoms with van der Waals surface area (Å²) >= 11 is 0. The van der Waals surface area contributed by atoms with Gasteiger partial charge in [-0.1, -0.05) is 0 Å². The van der Waals surface area contributed by atoms with Crippen molar-refractivity contribution < 1.29 is 57.6 Å². The number of carbonyl (C=O) groups is 1. The van der Waals surface area contributed by atoms with E-state index in [0.717, 1.165) is 19.3 Å². The molecule has 2 heteroatoms. The Labute approximate surface area is 81.4 Å². The van der Waals surface area contributed by atoms with E-state index in [1.807, 2.05) is 0 Å². The second-order valence-corrected chi connectivity index (χ2v) is 1.39. The molecule has 1 aliphatic rings. The van der Waals surface area contributed by atoms with Crippen molar-refractivity contribution in [2.24, 2.45) is 0 Å². The maximum atomic E-state index is 9.90. The van der Waals surface area contributed by atoms with Gasteiger partial charge in [-0.15, -0.1) is 0 Å². The van der Waals surface area contributed by atoms with Gasteiger partial charge in [0, 0.05) is 12.8 Å². The van der Waals surface area contributed by atoms with E-state index >= 15 is 0 Å². The van der Waals surface area contributed by atoms with Crippen LogP contribution in [0.25, 0.3) is 0 Å². The SMILES string of the molecule is O=C1CCC1.[H-].[K+]. The Hall–Kier alpha value is 1.31. The van der Waals surface area contributed by atoms with Gasteiger partial charge in [0.2, 0.25) is 0 Å². The predicted octanol–water partition coefficient (Wildman–Crippen LogP) is -2.14. The van der Waals surface area contributed by atoms with E-state index in [-0.39, 0.29) is 52.8 Å². The first-order valence-corrected chi connectivity index (χ1v) is 1.91. The first kappa shape index (κ1) is 7.31. The zero-order chi connectivity index (χ0) is 3.70. The number of ketones is 1. The molecule has 1 nitrogen and oxygen atoms in total. The van der Waals surface area contributed by atoms with Gasteiger partial charge in [-0.2, -0.15) is 0 Å². The van der Waals surface area contributed by atoms with Crippen LogP contribution >= 0.6 is 0 Å². The molecule has 1 rings (SSSR count). The first-order valence-electron chi connectivity index (χ1n) is 1.91. The van der Waals surface area contributed by atoms with E-state index in [0.29, 0.717) is 5.78 Å². The molecule has 0 N–H and O–H groups in total. The largest absolute Gasteiger partial charge is 1.00 e. The Morgan fingerprint density at radius 3 is 1.83 bits per heavy atom. The van der Waals surface area contributed by atoms with Gasteiger partial charge in [0.05, 0.1) is 0 Å². The normalized spacial score (nSPS) is 18.3. The molecule has 0 aromatic heterocycles. The molecule has 0 aromatic rings. The zero-order valence-corrected chi connectivity index (χ0v) is 7.15. The van der Waals surface area contributed by atoms with Crippen LogP contribution in [0.4, 0.5) is 0 Å². The molecular formula is C4H7KO. The topological polar surface area (TPSA) is 17.1 Å². The van der Waals surface area contributed by atoms with Crippen LogP contribution in [-0.2, 0) is 4.79 Å². The molecule has 0 saturated heterocycles. The molecule has 0 atom stereocenters. The van der Waals surface area contributed by atoms with E-state index in [2.05, 4.69) is 0 Å². The van der Waals surface area contributed by atoms with Gasteiger partial charge in [0.25, 0.3) is 0 Å². The average Bonchev–Trinajstić information content (AvgIpc) is 1.30. The summed E-state index contributed by atoms with van der Waals surface area (Å²) in [6.45, 7) is 0. The molecule has 0 heterocycles. The average molecular weight is 110 g/mol. The van der Waals surface area contributed by atoms with Crippen molar-refractivity contribution in [1.29, 1.82) is 0 Å². The van der Waals surface area contributed by atoms with Crippen molar-refractivity contribution in [1.82, 2.24) is 0 Å². The number of rotatable bonds is 0. The summed E-state index contributed by atoms with van der Waals surface area (Å²) in [6.07, 6.45) is 2.83. The van der Waals surface area contributed by atoms with Gasteiger partial charge in [-0.3, -0.25) is 4.79 Å². The molecule has 0 amide bonds. The zero-order valence-electron chi connectivity index (χ0n) is 5.03. The van der Waals surface area contributed by atoms with Crippen LogP contribution in [-0.4, -0.2) is 5.78 Å². The molecule has 0 spiro atoms. The predicted molar refractivity (Wildman–Crippen MR) is 20.0 cm³/mol. The molecule has 1 saturated carbocycles. The summed E-state index contributed by atoms with van der Waals surface area (Å²) in [4.78, 5) is 9.90. The number of carbonyl (C=O) groups excluding carboxylic acids is 1. The smallest absolute Gasteiger partial charge is 1.00 e. The minimum atomic E-state index is 0. The van der Waals surface area contributed by atoms with Crippen molar-refractivity contribution in [2.75, 3.05) is 0 Å². The summed E-state index contributed by atoms with van der Waals surface area (Å²) in [7, 11) is 0. The van der Waals surface area contributed by atoms with Crippen LogP contribution in [0.5, 0.6) is 0 Å². The Bertz CT molecular complexity index is 58.7. The van der Waals surface area contributed by atoms with Crippen LogP contribution in [0.3, 0.4) is 0 Å². The van der Waals surface area contributed by atoms with Crippen LogP contribution in [0.1, 0.15) is 20.7 Å². The van der Waals surface area contributed by atoms with Crippen molar-refractivity contribution in [3.05, 3.63) is 0 Å². The maximum absolute atomic E-state index is 9.90. The van der Waals surface area contributed by atoms with Crippen molar-refractivity contribution in [3.63, 3.8) is 0 Å². The van der Waals surface area contributed by atoms with Crippen LogP contribution in [0.2, 0.25) is 0 Å². The second kappa shape index (κ2) is 3.33. The third-order valence-electron chi connectivity index (χ3n) is 0.911. The molecule has 1 aliphatic carbocycles. The monoisotopic (exact) mass is 110 g/mol. The van der Waals surface area contributed by atoms with Crippen molar-refractivity contribution in [2.45, 2.75) is 19.3 Å². The molecule has 1 fully saturated rings. The van der Waals surface area contributed by atoms with Gasteiger partial charge >= 0.3 is 51.4 Å². The van der Waals surface area contributed by atoms with Crippen LogP contribution < -0.4 is 51.4 Å². The number of hydrogen-bond donors (Lipinski definition) is 0. The fourth-order valence-corrected chi connectivity index (χ4v) is 0.321. The van der Waals surface area contributed by atoms with Crippen LogP contribution in [0.15, 0.2) is 0 Å². The molecule has 0 radical (unpaired) electrons. The third kappa shape index (κ3) is 1.84. The summed E-state index contributed by atoms with van der Waals surface area (Å²) in [5.41, 5.74) is 0. The Morgan fingerprint density at radius 2 is 1.83 bits per heavy atom. The van der Waals surface area contributed by atoms with E-state index in [4.69, 9.17) is 0 Å². The standard InChI is InChI=1S/C4H6O.K.H/c5-4-2-1-3-4;;/h1-3H2;;/q;+1;-1. The second-order valence-electron chi connectivity index (χ2n) is 1.39. The molecule has 0 unspecified atom stereocenters. The quantitative estimate of drug-likeness (QED) is 0.325. The minimum Gasteiger partial charge on any atom is -1.00 e. The minimum absolute atomic E-state index is 0. The molecule has 6 heavy (non-hydrogen) atoms. The van der Waals surface area contributed by atoms with Gasteiger partial charge in [-0.05, 0) is 6.42 Å². The van der Waals surface area contributed by atoms with Gasteiger partial charge < -0.3 is 1.43 Å². The maximum Gasteiger partial charge on any atom is 1.00 e. The van der Waals surface area contributed by atoms with E-state index in [1.54, 1.807) is 0 Å². The summed E-state index contributed by atoms with van der Waals surface area (Å²) in [5.74, 6) is 0.435. The van der Waals surface area contributed by atoms with E-state index in [1.165, 1.54) is 0 Å². The van der Waals surface area contributed by atoms with E-state index in [9.17, 15) is 4.79 Å². The third-order valence-corrected chi connectivity index (χ3v) is 0.911. The van der Waals surface area contributed by atoms with Crippen molar-refractivity contribution in [3.8, 4) is 0 Å². The van der Waals surface area contributed by atoms with Gasteiger partial charge in [0.1, 0.15) is 5.78 Å². The Morgan fingerprint density at radius 1 is 1.50 bits per heavy atom. The molecule has 0 bridgehead atoms. The fourth-order valence-electron chi connectivity index (χ4n) is 0.321. The van der Waals surface area contributed by atoms with Gasteiger partial charge in [-0.25, -0.2) is 0 Å². The summed E-state index contributed by atoms with van der Waals surface area (Å²) < 4.78 is 0. The number of Topliss-reactive ketones (excluding diaryl/α,β-unsaturated/α-hetero) is 1.